The molecule has 0 saturated carbocycles. The maximum Gasteiger partial charge on any atom is 0.416 e. The minimum absolute atomic E-state index is 0.392. The highest BCUT2D eigenvalue weighted by Gasteiger charge is 2.31. The zero-order chi connectivity index (χ0) is 19.7. The van der Waals surface area contributed by atoms with Crippen LogP contribution >= 0.6 is 0 Å². The maximum absolute atomic E-state index is 13.1. The van der Waals surface area contributed by atoms with Gasteiger partial charge in [0, 0.05) is 36.5 Å². The van der Waals surface area contributed by atoms with E-state index < -0.39 is 11.7 Å². The van der Waals surface area contributed by atoms with E-state index in [4.69, 9.17) is 0 Å². The Hall–Kier alpha value is -2.83. The summed E-state index contributed by atoms with van der Waals surface area (Å²) in [7, 11) is 0. The van der Waals surface area contributed by atoms with Gasteiger partial charge in [0.1, 0.15) is 5.82 Å². The Morgan fingerprint density at radius 3 is 2.54 bits per heavy atom. The normalized spacial score (nSPS) is 15.8. The molecule has 3 heterocycles. The monoisotopic (exact) mass is 386 g/mol. The van der Waals surface area contributed by atoms with Gasteiger partial charge >= 0.3 is 6.18 Å². The largest absolute Gasteiger partial charge is 0.416 e. The van der Waals surface area contributed by atoms with E-state index in [-0.39, 0.29) is 0 Å². The zero-order valence-electron chi connectivity index (χ0n) is 15.5. The molecule has 4 nitrogen and oxygen atoms in total. The molecule has 0 atom stereocenters. The molecule has 4 rings (SSSR count). The first-order chi connectivity index (χ1) is 13.4. The number of H-pyrrole nitrogens is 1. The van der Waals surface area contributed by atoms with Crippen molar-refractivity contribution >= 4 is 5.82 Å². The van der Waals surface area contributed by atoms with E-state index in [0.717, 1.165) is 54.8 Å². The van der Waals surface area contributed by atoms with Gasteiger partial charge in [-0.2, -0.15) is 13.2 Å². The highest BCUT2D eigenvalue weighted by atomic mass is 19.4. The quantitative estimate of drug-likeness (QED) is 0.674. The van der Waals surface area contributed by atoms with Crippen LogP contribution in [0, 0.1) is 6.92 Å². The van der Waals surface area contributed by atoms with Crippen molar-refractivity contribution in [2.45, 2.75) is 31.9 Å². The minimum atomic E-state index is -4.36. The van der Waals surface area contributed by atoms with Crippen LogP contribution in [0.15, 0.2) is 48.9 Å². The third-order valence-corrected chi connectivity index (χ3v) is 5.34. The molecule has 146 valence electrons. The Balaban J connectivity index is 1.59. The Bertz CT molecular complexity index is 956. The van der Waals surface area contributed by atoms with Gasteiger partial charge in [0.25, 0.3) is 0 Å². The molecule has 0 unspecified atom stereocenters. The Labute approximate surface area is 161 Å². The van der Waals surface area contributed by atoms with Crippen LogP contribution in [-0.4, -0.2) is 28.0 Å². The van der Waals surface area contributed by atoms with Crippen LogP contribution in [0.4, 0.5) is 19.0 Å². The Kier molecular flexibility index (Phi) is 4.83. The van der Waals surface area contributed by atoms with Crippen molar-refractivity contribution in [3.05, 3.63) is 65.9 Å². The van der Waals surface area contributed by atoms with Crippen molar-refractivity contribution in [2.24, 2.45) is 0 Å². The number of anilines is 1. The Morgan fingerprint density at radius 1 is 1.07 bits per heavy atom. The van der Waals surface area contributed by atoms with Crippen LogP contribution in [0.2, 0.25) is 0 Å². The van der Waals surface area contributed by atoms with Gasteiger partial charge in [-0.25, -0.2) is 9.97 Å². The number of imidazole rings is 1. The molecular weight excluding hydrogens is 365 g/mol. The molecule has 28 heavy (non-hydrogen) atoms. The number of halogens is 3. The highest BCUT2D eigenvalue weighted by molar-refractivity contribution is 5.76. The molecular formula is C21H21F3N4. The van der Waals surface area contributed by atoms with Crippen molar-refractivity contribution in [1.29, 1.82) is 0 Å². The standard InChI is InChI=1S/C21H21F3N4/c1-14-19(27-13-26-14)15-7-10-28(11-8-15)20-18(6-3-9-25-20)16-4-2-5-17(12-16)21(22,23)24/h2-6,9,12-13,15H,7-8,10-11H2,1H3,(H,26,27). The SMILES string of the molecule is Cc1[nH]cnc1C1CCN(c2ncccc2-c2cccc(C(F)(F)F)c2)CC1. The molecule has 0 spiro atoms. The number of aromatic amines is 1. The molecule has 1 saturated heterocycles. The molecule has 0 aliphatic carbocycles. The second kappa shape index (κ2) is 7.30. The van der Waals surface area contributed by atoms with Crippen molar-refractivity contribution in [3.63, 3.8) is 0 Å². The van der Waals surface area contributed by atoms with Gasteiger partial charge in [-0.1, -0.05) is 12.1 Å². The fraction of sp³-hybridized carbons (Fsp3) is 0.333. The number of hydrogen-bond donors (Lipinski definition) is 1. The van der Waals surface area contributed by atoms with Crippen molar-refractivity contribution < 1.29 is 13.2 Å². The first-order valence-corrected chi connectivity index (χ1v) is 9.31. The molecule has 1 N–H and O–H groups in total. The third-order valence-electron chi connectivity index (χ3n) is 5.34. The number of aromatic nitrogens is 3. The minimum Gasteiger partial charge on any atom is -0.356 e. The number of hydrogen-bond acceptors (Lipinski definition) is 3. The molecule has 0 radical (unpaired) electrons. The lowest BCUT2D eigenvalue weighted by Crippen LogP contribution is -2.34. The molecule has 0 bridgehead atoms. The van der Waals surface area contributed by atoms with Crippen LogP contribution in [0.5, 0.6) is 0 Å². The predicted octanol–water partition coefficient (Wildman–Crippen LogP) is 5.18. The molecule has 7 heteroatoms. The second-order valence-electron chi connectivity index (χ2n) is 7.13. The number of benzene rings is 1. The van der Waals surface area contributed by atoms with Gasteiger partial charge in [-0.3, -0.25) is 0 Å². The lowest BCUT2D eigenvalue weighted by Gasteiger charge is -2.33. The summed E-state index contributed by atoms with van der Waals surface area (Å²) in [5.41, 5.74) is 2.82. The number of pyridine rings is 1. The van der Waals surface area contributed by atoms with Gasteiger partial charge < -0.3 is 9.88 Å². The second-order valence-corrected chi connectivity index (χ2v) is 7.13. The molecule has 0 amide bonds. The summed E-state index contributed by atoms with van der Waals surface area (Å²) in [5.74, 6) is 1.13. The van der Waals surface area contributed by atoms with Gasteiger partial charge in [0.15, 0.2) is 0 Å². The molecule has 1 aliphatic heterocycles. The van der Waals surface area contributed by atoms with Gasteiger partial charge in [-0.15, -0.1) is 0 Å². The number of nitrogens with one attached hydrogen (secondary N) is 1. The van der Waals surface area contributed by atoms with E-state index in [1.54, 1.807) is 24.7 Å². The average Bonchev–Trinajstić information content (AvgIpc) is 3.13. The van der Waals surface area contributed by atoms with Crippen molar-refractivity contribution in [3.8, 4) is 11.1 Å². The highest BCUT2D eigenvalue weighted by Crippen LogP contribution is 2.37. The van der Waals surface area contributed by atoms with Crippen LogP contribution in [0.1, 0.15) is 35.7 Å². The molecule has 1 aromatic carbocycles. The average molecular weight is 386 g/mol. The van der Waals surface area contributed by atoms with Gasteiger partial charge in [0.05, 0.1) is 17.6 Å². The fourth-order valence-corrected chi connectivity index (χ4v) is 3.88. The summed E-state index contributed by atoms with van der Waals surface area (Å²) >= 11 is 0. The van der Waals surface area contributed by atoms with Gasteiger partial charge in [0.2, 0.25) is 0 Å². The predicted molar refractivity (Wildman–Crippen MR) is 102 cm³/mol. The van der Waals surface area contributed by atoms with Crippen LogP contribution in [-0.2, 0) is 6.18 Å². The summed E-state index contributed by atoms with van der Waals surface area (Å²) in [6.07, 6.45) is 0.921. The number of piperidine rings is 1. The van der Waals surface area contributed by atoms with E-state index in [2.05, 4.69) is 19.9 Å². The summed E-state index contributed by atoms with van der Waals surface area (Å²) in [5, 5.41) is 0. The maximum atomic E-state index is 13.1. The zero-order valence-corrected chi connectivity index (χ0v) is 15.5. The Morgan fingerprint density at radius 2 is 1.86 bits per heavy atom. The molecule has 1 aliphatic rings. The molecule has 2 aromatic heterocycles. The third kappa shape index (κ3) is 3.61. The van der Waals surface area contributed by atoms with Crippen molar-refractivity contribution in [1.82, 2.24) is 15.0 Å². The number of nitrogens with zero attached hydrogens (tertiary/aromatic N) is 3. The number of rotatable bonds is 3. The topological polar surface area (TPSA) is 44.8 Å². The summed E-state index contributed by atoms with van der Waals surface area (Å²) < 4.78 is 39.3. The summed E-state index contributed by atoms with van der Waals surface area (Å²) in [6, 6.07) is 9.04. The number of alkyl halides is 3. The van der Waals surface area contributed by atoms with E-state index in [9.17, 15) is 13.2 Å². The van der Waals surface area contributed by atoms with E-state index in [1.165, 1.54) is 12.1 Å². The van der Waals surface area contributed by atoms with Crippen LogP contribution < -0.4 is 4.90 Å². The first kappa shape index (κ1) is 18.5. The van der Waals surface area contributed by atoms with Crippen LogP contribution in [0.25, 0.3) is 11.1 Å². The number of aryl methyl sites for hydroxylation is 1. The van der Waals surface area contributed by atoms with Crippen molar-refractivity contribution in [2.75, 3.05) is 18.0 Å². The van der Waals surface area contributed by atoms with E-state index >= 15 is 0 Å². The van der Waals surface area contributed by atoms with E-state index in [0.29, 0.717) is 11.5 Å². The van der Waals surface area contributed by atoms with E-state index in [1.807, 2.05) is 13.0 Å². The summed E-state index contributed by atoms with van der Waals surface area (Å²) in [4.78, 5) is 14.2. The first-order valence-electron chi connectivity index (χ1n) is 9.31. The fourth-order valence-electron chi connectivity index (χ4n) is 3.88. The van der Waals surface area contributed by atoms with Gasteiger partial charge in [-0.05, 0) is 49.6 Å². The molecule has 1 fully saturated rings. The summed E-state index contributed by atoms with van der Waals surface area (Å²) in [6.45, 7) is 3.61. The lowest BCUT2D eigenvalue weighted by molar-refractivity contribution is -0.137. The lowest BCUT2D eigenvalue weighted by atomic mass is 9.92. The smallest absolute Gasteiger partial charge is 0.356 e. The van der Waals surface area contributed by atoms with Crippen LogP contribution in [0.3, 0.4) is 0 Å². The molecule has 3 aromatic rings.